The Morgan fingerprint density at radius 2 is 1.93 bits per heavy atom. The van der Waals surface area contributed by atoms with Crippen LogP contribution in [0.1, 0.15) is 5.56 Å². The quantitative estimate of drug-likeness (QED) is 0.486. The largest absolute Gasteiger partial charge is 0.262 e. The van der Waals surface area contributed by atoms with Gasteiger partial charge in [0.05, 0.1) is 14.0 Å². The third-order valence-electron chi connectivity index (χ3n) is 1.43. The van der Waals surface area contributed by atoms with E-state index < -0.39 is 9.05 Å². The first-order chi connectivity index (χ1) is 6.38. The first kappa shape index (κ1) is 12.5. The van der Waals surface area contributed by atoms with E-state index in [2.05, 4.69) is 0 Å². The summed E-state index contributed by atoms with van der Waals surface area (Å²) in [5.41, 5.74) is 0.341. The average molecular weight is 453 g/mol. The van der Waals surface area contributed by atoms with Crippen LogP contribution in [-0.2, 0) is 9.05 Å². The summed E-state index contributed by atoms with van der Waals surface area (Å²) in [6, 6.07) is 4.89. The van der Waals surface area contributed by atoms with Crippen LogP contribution in [0.4, 0.5) is 0 Å². The van der Waals surface area contributed by atoms with Gasteiger partial charge in [-0.1, -0.05) is 0 Å². The van der Waals surface area contributed by atoms with Gasteiger partial charge in [-0.2, -0.15) is 5.26 Å². The molecule has 0 fully saturated rings. The van der Waals surface area contributed by atoms with E-state index in [1.807, 2.05) is 28.7 Å². The van der Waals surface area contributed by atoms with Crippen molar-refractivity contribution in [3.05, 3.63) is 24.8 Å². The highest BCUT2D eigenvalue weighted by atomic mass is 127. The molecule has 1 rings (SSSR count). The summed E-state index contributed by atoms with van der Waals surface area (Å²) in [5.74, 6) is 0. The molecule has 0 aromatic heterocycles. The van der Waals surface area contributed by atoms with Crippen LogP contribution in [0.2, 0.25) is 0 Å². The second-order valence-corrected chi connectivity index (χ2v) is 7.06. The molecule has 1 aromatic carbocycles. The Hall–Kier alpha value is 0.410. The van der Waals surface area contributed by atoms with Crippen molar-refractivity contribution >= 4 is 64.9 Å². The van der Waals surface area contributed by atoms with Crippen molar-refractivity contribution in [3.8, 4) is 6.07 Å². The number of hydrogen-bond donors (Lipinski definition) is 0. The van der Waals surface area contributed by atoms with E-state index in [0.717, 1.165) is 0 Å². The highest BCUT2D eigenvalue weighted by Crippen LogP contribution is 2.27. The molecule has 0 aliphatic heterocycles. The highest BCUT2D eigenvalue weighted by molar-refractivity contribution is 14.1. The Balaban J connectivity index is 3.62. The number of halogens is 3. The van der Waals surface area contributed by atoms with Crippen LogP contribution in [-0.4, -0.2) is 8.42 Å². The molecular formula is C7H2ClI2NO2S. The van der Waals surface area contributed by atoms with E-state index in [9.17, 15) is 8.42 Å². The van der Waals surface area contributed by atoms with Gasteiger partial charge in [-0.3, -0.25) is 0 Å². The standard InChI is InChI=1S/C7H2ClI2NO2S/c8-14(12,13)6-2-1-5(9)4(3-11)7(6)10/h1-2H. The number of nitrogens with zero attached hydrogens (tertiary/aromatic N) is 1. The molecule has 0 aliphatic carbocycles. The van der Waals surface area contributed by atoms with Gasteiger partial charge < -0.3 is 0 Å². The van der Waals surface area contributed by atoms with Crippen molar-refractivity contribution in [2.45, 2.75) is 4.90 Å². The van der Waals surface area contributed by atoms with E-state index in [1.54, 1.807) is 28.7 Å². The van der Waals surface area contributed by atoms with E-state index >= 15 is 0 Å². The minimum absolute atomic E-state index is 0.0169. The third-order valence-corrected chi connectivity index (χ3v) is 5.18. The molecule has 0 heterocycles. The second kappa shape index (κ2) is 4.51. The summed E-state index contributed by atoms with van der Waals surface area (Å²) >= 11 is 3.77. The van der Waals surface area contributed by atoms with Gasteiger partial charge in [0.15, 0.2) is 0 Å². The number of benzene rings is 1. The van der Waals surface area contributed by atoms with Crippen molar-refractivity contribution in [1.82, 2.24) is 0 Å². The zero-order valence-corrected chi connectivity index (χ0v) is 12.3. The zero-order chi connectivity index (χ0) is 10.9. The van der Waals surface area contributed by atoms with Crippen molar-refractivity contribution in [2.24, 2.45) is 0 Å². The molecule has 0 amide bonds. The lowest BCUT2D eigenvalue weighted by atomic mass is 10.2. The fourth-order valence-corrected chi connectivity index (χ4v) is 4.69. The Bertz CT molecular complexity index is 521. The Kier molecular flexibility index (Phi) is 4.02. The molecule has 0 saturated carbocycles. The third kappa shape index (κ3) is 2.50. The van der Waals surface area contributed by atoms with Crippen LogP contribution < -0.4 is 0 Å². The molecule has 0 spiro atoms. The summed E-state index contributed by atoms with van der Waals surface area (Å²) < 4.78 is 23.2. The first-order valence-electron chi connectivity index (χ1n) is 3.20. The molecule has 0 bridgehead atoms. The molecule has 0 atom stereocenters. The molecule has 0 aliphatic rings. The van der Waals surface area contributed by atoms with Gasteiger partial charge in [0.2, 0.25) is 0 Å². The average Bonchev–Trinajstić information content (AvgIpc) is 2.02. The highest BCUT2D eigenvalue weighted by Gasteiger charge is 2.18. The molecule has 74 valence electrons. The zero-order valence-electron chi connectivity index (χ0n) is 6.46. The van der Waals surface area contributed by atoms with Crippen molar-refractivity contribution in [1.29, 1.82) is 5.26 Å². The lowest BCUT2D eigenvalue weighted by Gasteiger charge is -2.03. The van der Waals surface area contributed by atoms with Crippen LogP contribution in [0.5, 0.6) is 0 Å². The Morgan fingerprint density at radius 1 is 1.36 bits per heavy atom. The van der Waals surface area contributed by atoms with Crippen LogP contribution in [0.3, 0.4) is 0 Å². The first-order valence-corrected chi connectivity index (χ1v) is 7.67. The minimum Gasteiger partial charge on any atom is -0.207 e. The molecule has 0 saturated heterocycles. The fraction of sp³-hybridized carbons (Fsp3) is 0. The maximum absolute atomic E-state index is 11.1. The predicted octanol–water partition coefficient (Wildman–Crippen LogP) is 2.69. The summed E-state index contributed by atoms with van der Waals surface area (Å²) in [4.78, 5) is -0.0169. The van der Waals surface area contributed by atoms with Gasteiger partial charge >= 0.3 is 0 Å². The second-order valence-electron chi connectivity index (χ2n) is 2.28. The maximum atomic E-state index is 11.1. The van der Waals surface area contributed by atoms with E-state index in [0.29, 0.717) is 12.7 Å². The van der Waals surface area contributed by atoms with Crippen molar-refractivity contribution in [3.63, 3.8) is 0 Å². The van der Waals surface area contributed by atoms with Gasteiger partial charge in [-0.05, 0) is 57.3 Å². The molecule has 14 heavy (non-hydrogen) atoms. The van der Waals surface area contributed by atoms with Crippen molar-refractivity contribution in [2.75, 3.05) is 0 Å². The van der Waals surface area contributed by atoms with Gasteiger partial charge in [-0.15, -0.1) is 0 Å². The van der Waals surface area contributed by atoms with Crippen LogP contribution in [0.25, 0.3) is 0 Å². The fourth-order valence-electron chi connectivity index (χ4n) is 0.824. The SMILES string of the molecule is N#Cc1c(I)ccc(S(=O)(=O)Cl)c1I. The summed E-state index contributed by atoms with van der Waals surface area (Å²) in [5, 5.41) is 8.79. The lowest BCUT2D eigenvalue weighted by molar-refractivity contribution is 0.609. The number of rotatable bonds is 1. The van der Waals surface area contributed by atoms with Gasteiger partial charge in [0.25, 0.3) is 9.05 Å². The molecule has 0 unspecified atom stereocenters. The molecule has 0 N–H and O–H groups in total. The van der Waals surface area contributed by atoms with E-state index in [4.69, 9.17) is 15.9 Å². The summed E-state index contributed by atoms with van der Waals surface area (Å²) in [6.07, 6.45) is 0. The van der Waals surface area contributed by atoms with Crippen LogP contribution in [0, 0.1) is 18.5 Å². The summed E-state index contributed by atoms with van der Waals surface area (Å²) in [7, 11) is 1.43. The summed E-state index contributed by atoms with van der Waals surface area (Å²) in [6.45, 7) is 0. The Labute approximate surface area is 113 Å². The predicted molar refractivity (Wildman–Crippen MR) is 69.6 cm³/mol. The monoisotopic (exact) mass is 453 g/mol. The molecule has 7 heteroatoms. The number of hydrogen-bond acceptors (Lipinski definition) is 3. The molecule has 3 nitrogen and oxygen atoms in total. The van der Waals surface area contributed by atoms with E-state index in [-0.39, 0.29) is 4.90 Å². The Morgan fingerprint density at radius 3 is 2.36 bits per heavy atom. The molecular weight excluding hydrogens is 451 g/mol. The lowest BCUT2D eigenvalue weighted by Crippen LogP contribution is -1.98. The molecule has 1 aromatic rings. The minimum atomic E-state index is -3.77. The molecule has 0 radical (unpaired) electrons. The number of nitriles is 1. The van der Waals surface area contributed by atoms with E-state index in [1.165, 1.54) is 6.07 Å². The van der Waals surface area contributed by atoms with Crippen LogP contribution in [0.15, 0.2) is 17.0 Å². The van der Waals surface area contributed by atoms with Crippen molar-refractivity contribution < 1.29 is 8.42 Å². The van der Waals surface area contributed by atoms with Gasteiger partial charge in [0.1, 0.15) is 6.07 Å². The normalized spacial score (nSPS) is 11.0. The van der Waals surface area contributed by atoms with Crippen LogP contribution >= 0.6 is 55.9 Å². The van der Waals surface area contributed by atoms with Gasteiger partial charge in [0, 0.05) is 14.3 Å². The topological polar surface area (TPSA) is 57.9 Å². The van der Waals surface area contributed by atoms with Gasteiger partial charge in [-0.25, -0.2) is 8.42 Å². The maximum Gasteiger partial charge on any atom is 0.262 e. The smallest absolute Gasteiger partial charge is 0.207 e.